The molecular weight excluding hydrogens is 300 g/mol. The summed E-state index contributed by atoms with van der Waals surface area (Å²) in [4.78, 5) is 4.38. The van der Waals surface area contributed by atoms with E-state index in [1.54, 1.807) is 18.3 Å². The molecule has 0 amide bonds. The normalized spacial score (nSPS) is 16.3. The molecule has 6 heteroatoms. The number of fused-ring (bicyclic) bond motifs is 1. The zero-order chi connectivity index (χ0) is 15.6. The van der Waals surface area contributed by atoms with Crippen LogP contribution < -0.4 is 0 Å². The van der Waals surface area contributed by atoms with Crippen molar-refractivity contribution in [2.75, 3.05) is 0 Å². The van der Waals surface area contributed by atoms with Gasteiger partial charge in [-0.15, -0.1) is 0 Å². The van der Waals surface area contributed by atoms with Gasteiger partial charge in [0.2, 0.25) is 0 Å². The molecule has 0 atom stereocenters. The molecule has 1 aliphatic rings. The van der Waals surface area contributed by atoms with Crippen molar-refractivity contribution in [2.24, 2.45) is 5.16 Å². The van der Waals surface area contributed by atoms with E-state index in [0.717, 1.165) is 29.7 Å². The molecule has 0 N–H and O–H groups in total. The average molecular weight is 316 g/mol. The lowest BCUT2D eigenvalue weighted by molar-refractivity contribution is 0.337. The predicted octanol–water partition coefficient (Wildman–Crippen LogP) is 2.84. The third kappa shape index (κ3) is 3.01. The summed E-state index contributed by atoms with van der Waals surface area (Å²) >= 11 is 0. The van der Waals surface area contributed by atoms with Crippen molar-refractivity contribution in [1.82, 2.24) is 4.98 Å². The van der Waals surface area contributed by atoms with E-state index >= 15 is 0 Å². The molecule has 22 heavy (non-hydrogen) atoms. The maximum Gasteiger partial charge on any atom is 0.358 e. The van der Waals surface area contributed by atoms with Gasteiger partial charge in [0.15, 0.2) is 0 Å². The number of aryl methyl sites for hydroxylation is 2. The third-order valence-electron chi connectivity index (χ3n) is 3.58. The van der Waals surface area contributed by atoms with Crippen molar-refractivity contribution in [1.29, 1.82) is 0 Å². The molecule has 1 aliphatic carbocycles. The second-order valence-electron chi connectivity index (χ2n) is 5.24. The van der Waals surface area contributed by atoms with Crippen LogP contribution in [0.25, 0.3) is 0 Å². The van der Waals surface area contributed by atoms with Crippen molar-refractivity contribution >= 4 is 15.8 Å². The summed E-state index contributed by atoms with van der Waals surface area (Å²) < 4.78 is 29.2. The molecule has 2 aromatic rings. The van der Waals surface area contributed by atoms with Crippen LogP contribution >= 0.6 is 0 Å². The molecule has 0 saturated heterocycles. The first kappa shape index (κ1) is 14.7. The van der Waals surface area contributed by atoms with Gasteiger partial charge in [0.1, 0.15) is 10.6 Å². The van der Waals surface area contributed by atoms with E-state index in [-0.39, 0.29) is 4.90 Å². The molecule has 5 nitrogen and oxygen atoms in total. The minimum Gasteiger partial charge on any atom is -0.264 e. The molecule has 0 unspecified atom stereocenters. The van der Waals surface area contributed by atoms with E-state index in [2.05, 4.69) is 10.1 Å². The quantitative estimate of drug-likeness (QED) is 0.817. The molecule has 0 aliphatic heterocycles. The molecular formula is C16H16N2O3S. The Balaban J connectivity index is 1.87. The van der Waals surface area contributed by atoms with Gasteiger partial charge in [0, 0.05) is 6.20 Å². The topological polar surface area (TPSA) is 68.6 Å². The van der Waals surface area contributed by atoms with Crippen LogP contribution in [0.1, 0.15) is 29.7 Å². The molecule has 0 saturated carbocycles. The Morgan fingerprint density at radius 2 is 1.91 bits per heavy atom. The van der Waals surface area contributed by atoms with E-state index in [0.29, 0.717) is 12.1 Å². The van der Waals surface area contributed by atoms with Crippen LogP contribution in [0, 0.1) is 6.92 Å². The SMILES string of the molecule is Cc1ccc(S(=O)(=O)ON=C2CCCc3cccnc32)cc1. The van der Waals surface area contributed by atoms with Gasteiger partial charge in [-0.05, 0) is 49.9 Å². The molecule has 0 radical (unpaired) electrons. The van der Waals surface area contributed by atoms with E-state index in [1.807, 2.05) is 19.1 Å². The fourth-order valence-corrected chi connectivity index (χ4v) is 3.14. The lowest BCUT2D eigenvalue weighted by Gasteiger charge is -2.15. The number of benzene rings is 1. The minimum atomic E-state index is -3.89. The van der Waals surface area contributed by atoms with Gasteiger partial charge in [-0.3, -0.25) is 9.27 Å². The van der Waals surface area contributed by atoms with E-state index < -0.39 is 10.1 Å². The lowest BCUT2D eigenvalue weighted by atomic mass is 9.95. The number of rotatable bonds is 3. The zero-order valence-corrected chi connectivity index (χ0v) is 13.0. The average Bonchev–Trinajstić information content (AvgIpc) is 2.53. The predicted molar refractivity (Wildman–Crippen MR) is 83.2 cm³/mol. The first-order valence-electron chi connectivity index (χ1n) is 7.08. The lowest BCUT2D eigenvalue weighted by Crippen LogP contribution is -2.15. The largest absolute Gasteiger partial charge is 0.358 e. The summed E-state index contributed by atoms with van der Waals surface area (Å²) in [5, 5.41) is 3.86. The van der Waals surface area contributed by atoms with Gasteiger partial charge in [0.05, 0.1) is 5.69 Å². The smallest absolute Gasteiger partial charge is 0.264 e. The Labute approximate surface area is 129 Å². The maximum atomic E-state index is 12.1. The Morgan fingerprint density at radius 3 is 2.68 bits per heavy atom. The third-order valence-corrected chi connectivity index (χ3v) is 4.70. The van der Waals surface area contributed by atoms with Crippen LogP contribution in [0.4, 0.5) is 0 Å². The second-order valence-corrected chi connectivity index (χ2v) is 6.77. The van der Waals surface area contributed by atoms with Gasteiger partial charge in [-0.25, -0.2) is 0 Å². The van der Waals surface area contributed by atoms with Crippen molar-refractivity contribution < 1.29 is 12.7 Å². The van der Waals surface area contributed by atoms with Crippen molar-refractivity contribution in [3.8, 4) is 0 Å². The number of nitrogens with zero attached hydrogens (tertiary/aromatic N) is 2. The highest BCUT2D eigenvalue weighted by Crippen LogP contribution is 2.21. The number of hydrogen-bond donors (Lipinski definition) is 0. The summed E-state index contributed by atoms with van der Waals surface area (Å²) in [5.74, 6) is 0. The van der Waals surface area contributed by atoms with Gasteiger partial charge < -0.3 is 0 Å². The minimum absolute atomic E-state index is 0.0968. The van der Waals surface area contributed by atoms with E-state index in [1.165, 1.54) is 12.1 Å². The fraction of sp³-hybridized carbons (Fsp3) is 0.250. The molecule has 0 fully saturated rings. The fourth-order valence-electron chi connectivity index (χ4n) is 2.40. The zero-order valence-electron chi connectivity index (χ0n) is 12.2. The van der Waals surface area contributed by atoms with Crippen molar-refractivity contribution in [3.05, 3.63) is 59.4 Å². The number of pyridine rings is 1. The first-order chi connectivity index (χ1) is 10.6. The molecule has 1 aromatic carbocycles. The molecule has 114 valence electrons. The second kappa shape index (κ2) is 5.88. The highest BCUT2D eigenvalue weighted by Gasteiger charge is 2.20. The van der Waals surface area contributed by atoms with E-state index in [4.69, 9.17) is 4.28 Å². The van der Waals surface area contributed by atoms with Gasteiger partial charge in [-0.1, -0.05) is 28.9 Å². The van der Waals surface area contributed by atoms with E-state index in [9.17, 15) is 8.42 Å². The molecule has 0 spiro atoms. The van der Waals surface area contributed by atoms with Crippen LogP contribution in [0.2, 0.25) is 0 Å². The highest BCUT2D eigenvalue weighted by molar-refractivity contribution is 7.86. The maximum absolute atomic E-state index is 12.1. The van der Waals surface area contributed by atoms with Crippen molar-refractivity contribution in [2.45, 2.75) is 31.1 Å². The van der Waals surface area contributed by atoms with Crippen molar-refractivity contribution in [3.63, 3.8) is 0 Å². The molecule has 1 heterocycles. The highest BCUT2D eigenvalue weighted by atomic mass is 32.2. The van der Waals surface area contributed by atoms with Gasteiger partial charge >= 0.3 is 10.1 Å². The number of oxime groups is 1. The van der Waals surface area contributed by atoms with Crippen LogP contribution in [-0.4, -0.2) is 19.1 Å². The monoisotopic (exact) mass is 316 g/mol. The standard InChI is InChI=1S/C16H16N2O3S/c1-12-7-9-14(10-8-12)22(19,20)21-18-15-6-2-4-13-5-3-11-17-16(13)15/h3,5,7-11H,2,4,6H2,1H3. The Kier molecular flexibility index (Phi) is 3.94. The summed E-state index contributed by atoms with van der Waals surface area (Å²) in [7, 11) is -3.89. The summed E-state index contributed by atoms with van der Waals surface area (Å²) in [6.45, 7) is 1.89. The van der Waals surface area contributed by atoms with Gasteiger partial charge in [0.25, 0.3) is 0 Å². The van der Waals surface area contributed by atoms with Gasteiger partial charge in [-0.2, -0.15) is 8.42 Å². The Morgan fingerprint density at radius 1 is 1.14 bits per heavy atom. The van der Waals surface area contributed by atoms with Crippen LogP contribution in [0.5, 0.6) is 0 Å². The van der Waals surface area contributed by atoms with Crippen LogP contribution in [-0.2, 0) is 20.8 Å². The first-order valence-corrected chi connectivity index (χ1v) is 8.48. The molecule has 1 aromatic heterocycles. The Bertz CT molecular complexity index is 812. The number of hydrogen-bond acceptors (Lipinski definition) is 5. The van der Waals surface area contributed by atoms with Crippen LogP contribution in [0.15, 0.2) is 52.6 Å². The molecule has 0 bridgehead atoms. The molecule has 3 rings (SSSR count). The van der Waals surface area contributed by atoms with Crippen LogP contribution in [0.3, 0.4) is 0 Å². The number of aromatic nitrogens is 1. The summed E-state index contributed by atoms with van der Waals surface area (Å²) in [6.07, 6.45) is 4.17. The Hall–Kier alpha value is -2.21. The summed E-state index contributed by atoms with van der Waals surface area (Å²) in [5.41, 5.74) is 3.37. The summed E-state index contributed by atoms with van der Waals surface area (Å²) in [6, 6.07) is 10.3.